The highest BCUT2D eigenvalue weighted by Gasteiger charge is 2.31. The standard InChI is InChI=1S/C29H22Cl2N6O3/c30-20-9-5-16(11-21(20)31)14-33-29(40)37-26(17-6-7-17)13-24(36-37)19-12-18(8-10-27(19)38)34-28(39)25-15-32-22-3-1-2-4-23(22)35-25/h1-5,8-13,15,17,38H,6-7,14H2,(H,33,40)(H,34,39). The number of para-hydroxylation sites is 2. The number of nitrogens with one attached hydrogen (secondary N) is 2. The number of aromatic nitrogens is 4. The van der Waals surface area contributed by atoms with Crippen molar-refractivity contribution in [2.24, 2.45) is 0 Å². The number of rotatable bonds is 6. The Hall–Kier alpha value is -4.47. The monoisotopic (exact) mass is 572 g/mol. The molecule has 6 rings (SSSR count). The van der Waals surface area contributed by atoms with Crippen molar-refractivity contribution in [1.29, 1.82) is 0 Å². The summed E-state index contributed by atoms with van der Waals surface area (Å²) in [6.07, 6.45) is 3.30. The van der Waals surface area contributed by atoms with Crippen LogP contribution in [0.25, 0.3) is 22.3 Å². The lowest BCUT2D eigenvalue weighted by Crippen LogP contribution is -2.30. The van der Waals surface area contributed by atoms with Crippen LogP contribution < -0.4 is 10.6 Å². The van der Waals surface area contributed by atoms with E-state index >= 15 is 0 Å². The molecule has 40 heavy (non-hydrogen) atoms. The minimum atomic E-state index is -0.444. The number of nitrogens with zero attached hydrogens (tertiary/aromatic N) is 4. The van der Waals surface area contributed by atoms with Gasteiger partial charge in [-0.15, -0.1) is 0 Å². The molecule has 2 heterocycles. The van der Waals surface area contributed by atoms with Crippen LogP contribution in [-0.2, 0) is 6.54 Å². The summed E-state index contributed by atoms with van der Waals surface area (Å²) in [6.45, 7) is 0.236. The van der Waals surface area contributed by atoms with E-state index in [0.717, 1.165) is 24.1 Å². The van der Waals surface area contributed by atoms with Gasteiger partial charge in [0.25, 0.3) is 5.91 Å². The van der Waals surface area contributed by atoms with Gasteiger partial charge in [-0.05, 0) is 66.9 Å². The Balaban J connectivity index is 1.23. The first-order valence-electron chi connectivity index (χ1n) is 12.5. The van der Waals surface area contributed by atoms with E-state index in [0.29, 0.717) is 38.0 Å². The lowest BCUT2D eigenvalue weighted by Gasteiger charge is -2.09. The van der Waals surface area contributed by atoms with Crippen molar-refractivity contribution in [1.82, 2.24) is 25.1 Å². The minimum absolute atomic E-state index is 0.0355. The van der Waals surface area contributed by atoms with Gasteiger partial charge in [0.1, 0.15) is 11.4 Å². The zero-order chi connectivity index (χ0) is 27.8. The molecule has 0 atom stereocenters. The van der Waals surface area contributed by atoms with Gasteiger partial charge in [0.15, 0.2) is 0 Å². The SMILES string of the molecule is O=C(Nc1ccc(O)c(-c2cc(C3CC3)n(C(=O)NCc3ccc(Cl)c(Cl)c3)n2)c1)c1cnc2ccccc2n1. The Labute approximate surface area is 238 Å². The molecule has 2 amide bonds. The average Bonchev–Trinajstić information content (AvgIpc) is 3.72. The summed E-state index contributed by atoms with van der Waals surface area (Å²) >= 11 is 12.1. The molecule has 1 aliphatic carbocycles. The molecule has 0 unspecified atom stereocenters. The number of aromatic hydroxyl groups is 1. The van der Waals surface area contributed by atoms with Crippen LogP contribution in [0.15, 0.2) is 72.9 Å². The Morgan fingerprint density at radius 3 is 2.55 bits per heavy atom. The molecule has 0 saturated heterocycles. The molecular weight excluding hydrogens is 551 g/mol. The summed E-state index contributed by atoms with van der Waals surface area (Å²) in [7, 11) is 0. The quantitative estimate of drug-likeness (QED) is 0.202. The summed E-state index contributed by atoms with van der Waals surface area (Å²) in [5.74, 6) is -0.277. The first kappa shape index (κ1) is 25.8. The summed E-state index contributed by atoms with van der Waals surface area (Å²) in [6, 6.07) is 18.5. The molecule has 3 aromatic carbocycles. The lowest BCUT2D eigenvalue weighted by molar-refractivity contribution is 0.102. The van der Waals surface area contributed by atoms with Crippen LogP contribution in [0.5, 0.6) is 5.75 Å². The second-order valence-electron chi connectivity index (χ2n) is 9.48. The van der Waals surface area contributed by atoms with E-state index < -0.39 is 11.9 Å². The number of halogens is 2. The number of phenolic OH excluding ortho intramolecular Hbond substituents is 1. The Bertz CT molecular complexity index is 1780. The molecule has 2 aromatic heterocycles. The van der Waals surface area contributed by atoms with E-state index in [-0.39, 0.29) is 23.9 Å². The molecule has 11 heteroatoms. The van der Waals surface area contributed by atoms with Gasteiger partial charge in [0.05, 0.1) is 38.7 Å². The van der Waals surface area contributed by atoms with E-state index in [1.54, 1.807) is 42.5 Å². The van der Waals surface area contributed by atoms with E-state index in [9.17, 15) is 14.7 Å². The zero-order valence-corrected chi connectivity index (χ0v) is 22.4. The highest BCUT2D eigenvalue weighted by Crippen LogP contribution is 2.42. The minimum Gasteiger partial charge on any atom is -0.507 e. The van der Waals surface area contributed by atoms with Crippen LogP contribution in [-0.4, -0.2) is 36.8 Å². The number of carbonyl (C=O) groups is 2. The summed E-state index contributed by atoms with van der Waals surface area (Å²) < 4.78 is 1.33. The first-order valence-corrected chi connectivity index (χ1v) is 13.3. The highest BCUT2D eigenvalue weighted by atomic mass is 35.5. The van der Waals surface area contributed by atoms with Gasteiger partial charge in [-0.2, -0.15) is 9.78 Å². The number of anilines is 1. The maximum absolute atomic E-state index is 13.1. The van der Waals surface area contributed by atoms with Crippen LogP contribution in [0.4, 0.5) is 10.5 Å². The van der Waals surface area contributed by atoms with E-state index in [4.69, 9.17) is 23.2 Å². The number of amides is 2. The van der Waals surface area contributed by atoms with Crippen molar-refractivity contribution in [2.75, 3.05) is 5.32 Å². The second-order valence-corrected chi connectivity index (χ2v) is 10.3. The van der Waals surface area contributed by atoms with Crippen molar-refractivity contribution in [3.8, 4) is 17.0 Å². The fraction of sp³-hybridized carbons (Fsp3) is 0.138. The molecule has 1 aliphatic rings. The van der Waals surface area contributed by atoms with Crippen LogP contribution in [0.1, 0.15) is 40.5 Å². The smallest absolute Gasteiger partial charge is 0.342 e. The van der Waals surface area contributed by atoms with Crippen LogP contribution in [0, 0.1) is 0 Å². The molecule has 0 bridgehead atoms. The number of phenols is 1. The third-order valence-corrected chi connectivity index (χ3v) is 7.30. The van der Waals surface area contributed by atoms with Crippen LogP contribution in [0.2, 0.25) is 10.0 Å². The molecule has 1 fully saturated rings. The number of benzene rings is 3. The van der Waals surface area contributed by atoms with E-state index in [1.165, 1.54) is 16.9 Å². The molecule has 200 valence electrons. The molecular formula is C29H22Cl2N6O3. The molecule has 5 aromatic rings. The van der Waals surface area contributed by atoms with Crippen LogP contribution >= 0.6 is 23.2 Å². The molecule has 0 spiro atoms. The highest BCUT2D eigenvalue weighted by molar-refractivity contribution is 6.42. The third kappa shape index (κ3) is 5.34. The zero-order valence-electron chi connectivity index (χ0n) is 20.9. The molecule has 1 saturated carbocycles. The van der Waals surface area contributed by atoms with Crippen molar-refractivity contribution in [2.45, 2.75) is 25.3 Å². The number of fused-ring (bicyclic) bond motifs is 1. The first-order chi connectivity index (χ1) is 19.4. The fourth-order valence-corrected chi connectivity index (χ4v) is 4.66. The van der Waals surface area contributed by atoms with Gasteiger partial charge in [-0.25, -0.2) is 9.78 Å². The van der Waals surface area contributed by atoms with Crippen molar-refractivity contribution in [3.63, 3.8) is 0 Å². The third-order valence-electron chi connectivity index (χ3n) is 6.56. The van der Waals surface area contributed by atoms with Gasteiger partial charge in [0.2, 0.25) is 0 Å². The molecule has 0 aliphatic heterocycles. The predicted molar refractivity (Wildman–Crippen MR) is 153 cm³/mol. The summed E-state index contributed by atoms with van der Waals surface area (Å²) in [5, 5.41) is 21.7. The second kappa shape index (κ2) is 10.6. The van der Waals surface area contributed by atoms with Gasteiger partial charge in [0, 0.05) is 23.7 Å². The van der Waals surface area contributed by atoms with Crippen LogP contribution in [0.3, 0.4) is 0 Å². The van der Waals surface area contributed by atoms with Gasteiger partial charge in [-0.1, -0.05) is 41.4 Å². The van der Waals surface area contributed by atoms with Crippen molar-refractivity contribution < 1.29 is 14.7 Å². The maximum Gasteiger partial charge on any atom is 0.342 e. The van der Waals surface area contributed by atoms with Crippen molar-refractivity contribution >= 4 is 51.9 Å². The fourth-order valence-electron chi connectivity index (χ4n) is 4.34. The lowest BCUT2D eigenvalue weighted by atomic mass is 10.1. The summed E-state index contributed by atoms with van der Waals surface area (Å²) in [4.78, 5) is 34.7. The molecule has 9 nitrogen and oxygen atoms in total. The largest absolute Gasteiger partial charge is 0.507 e. The topological polar surface area (TPSA) is 122 Å². The van der Waals surface area contributed by atoms with Gasteiger partial charge >= 0.3 is 6.03 Å². The Kier molecular flexibility index (Phi) is 6.83. The predicted octanol–water partition coefficient (Wildman–Crippen LogP) is 6.39. The number of hydrogen-bond donors (Lipinski definition) is 3. The van der Waals surface area contributed by atoms with Gasteiger partial charge < -0.3 is 15.7 Å². The van der Waals surface area contributed by atoms with E-state index in [2.05, 4.69) is 25.7 Å². The Morgan fingerprint density at radius 1 is 0.975 bits per heavy atom. The maximum atomic E-state index is 13.1. The van der Waals surface area contributed by atoms with Crippen molar-refractivity contribution in [3.05, 3.63) is 99.9 Å². The summed E-state index contributed by atoms with van der Waals surface area (Å²) in [5.41, 5.74) is 4.21. The van der Waals surface area contributed by atoms with E-state index in [1.807, 2.05) is 18.2 Å². The number of carbonyl (C=O) groups excluding carboxylic acids is 2. The Morgan fingerprint density at radius 2 is 1.77 bits per heavy atom. The molecule has 3 N–H and O–H groups in total. The number of hydrogen-bond acceptors (Lipinski definition) is 6. The molecule has 0 radical (unpaired) electrons. The van der Waals surface area contributed by atoms with Gasteiger partial charge in [-0.3, -0.25) is 9.78 Å². The normalized spacial score (nSPS) is 12.8. The average molecular weight is 573 g/mol.